The van der Waals surface area contributed by atoms with Crippen LogP contribution in [-0.2, 0) is 9.59 Å². The third-order valence-electron chi connectivity index (χ3n) is 4.58. The lowest BCUT2D eigenvalue weighted by atomic mass is 9.94. The van der Waals surface area contributed by atoms with Crippen molar-refractivity contribution in [2.45, 2.75) is 45.1 Å². The number of aliphatic carboxylic acids is 1. The van der Waals surface area contributed by atoms with Crippen LogP contribution in [0.5, 0.6) is 0 Å². The van der Waals surface area contributed by atoms with Crippen LogP contribution in [0.2, 0.25) is 0 Å². The molecule has 0 bridgehead atoms. The Bertz CT molecular complexity index is 340. The molecule has 5 heteroatoms. The zero-order valence-electron chi connectivity index (χ0n) is 11.5. The number of carboxylic acid groups (broad SMARTS) is 1. The fraction of sp³-hybridized carbons (Fsp3) is 0.857. The smallest absolute Gasteiger partial charge is 0.307 e. The second kappa shape index (κ2) is 6.37. The highest BCUT2D eigenvalue weighted by molar-refractivity contribution is 5.85. The summed E-state index contributed by atoms with van der Waals surface area (Å²) in [6, 6.07) is 0.212. The number of amides is 1. The van der Waals surface area contributed by atoms with E-state index in [2.05, 4.69) is 17.6 Å². The van der Waals surface area contributed by atoms with Crippen LogP contribution in [0.25, 0.3) is 0 Å². The number of carbonyl (C=O) groups excluding carboxylic acids is 1. The molecule has 3 N–H and O–H groups in total. The van der Waals surface area contributed by atoms with E-state index in [1.165, 1.54) is 0 Å². The molecule has 0 aromatic rings. The second-order valence-electron chi connectivity index (χ2n) is 5.83. The predicted molar refractivity (Wildman–Crippen MR) is 71.7 cm³/mol. The highest BCUT2D eigenvalue weighted by atomic mass is 16.4. The van der Waals surface area contributed by atoms with Crippen molar-refractivity contribution >= 4 is 11.9 Å². The first-order chi connectivity index (χ1) is 9.11. The Labute approximate surface area is 114 Å². The van der Waals surface area contributed by atoms with Gasteiger partial charge in [-0.1, -0.05) is 13.3 Å². The molecular formula is C14H24N2O3. The predicted octanol–water partition coefficient (Wildman–Crippen LogP) is 0.992. The second-order valence-corrected chi connectivity index (χ2v) is 5.83. The molecule has 0 radical (unpaired) electrons. The van der Waals surface area contributed by atoms with Crippen LogP contribution in [-0.4, -0.2) is 36.1 Å². The van der Waals surface area contributed by atoms with E-state index in [9.17, 15) is 14.7 Å². The number of hydrogen-bond acceptors (Lipinski definition) is 3. The highest BCUT2D eigenvalue weighted by Gasteiger charge is 2.42. The summed E-state index contributed by atoms with van der Waals surface area (Å²) in [5.74, 6) is -1.31. The molecule has 3 atom stereocenters. The summed E-state index contributed by atoms with van der Waals surface area (Å²) >= 11 is 0. The van der Waals surface area contributed by atoms with Gasteiger partial charge in [-0.3, -0.25) is 9.59 Å². The van der Waals surface area contributed by atoms with Gasteiger partial charge in [0.1, 0.15) is 0 Å². The fourth-order valence-corrected chi connectivity index (χ4v) is 3.31. The van der Waals surface area contributed by atoms with E-state index < -0.39 is 11.9 Å². The van der Waals surface area contributed by atoms with Crippen LogP contribution in [0.15, 0.2) is 0 Å². The quantitative estimate of drug-likeness (QED) is 0.710. The average molecular weight is 268 g/mol. The summed E-state index contributed by atoms with van der Waals surface area (Å²) < 4.78 is 0. The maximum Gasteiger partial charge on any atom is 0.307 e. The van der Waals surface area contributed by atoms with E-state index in [1.807, 2.05) is 0 Å². The highest BCUT2D eigenvalue weighted by Crippen LogP contribution is 2.38. The molecule has 0 aromatic heterocycles. The Morgan fingerprint density at radius 2 is 1.84 bits per heavy atom. The number of piperidine rings is 1. The lowest BCUT2D eigenvalue weighted by Crippen LogP contribution is -2.46. The van der Waals surface area contributed by atoms with Crippen molar-refractivity contribution in [3.05, 3.63) is 0 Å². The Balaban J connectivity index is 1.94. The minimum Gasteiger partial charge on any atom is -0.481 e. The normalized spacial score (nSPS) is 32.2. The van der Waals surface area contributed by atoms with Crippen molar-refractivity contribution in [3.63, 3.8) is 0 Å². The molecule has 5 nitrogen and oxygen atoms in total. The molecule has 0 spiro atoms. The van der Waals surface area contributed by atoms with Crippen LogP contribution >= 0.6 is 0 Å². The molecule has 1 aliphatic heterocycles. The largest absolute Gasteiger partial charge is 0.481 e. The Kier molecular flexibility index (Phi) is 4.80. The number of hydrogen-bond donors (Lipinski definition) is 3. The molecular weight excluding hydrogens is 244 g/mol. The van der Waals surface area contributed by atoms with Gasteiger partial charge in [0.25, 0.3) is 0 Å². The first-order valence-electron chi connectivity index (χ1n) is 7.35. The molecule has 2 rings (SSSR count). The Hall–Kier alpha value is -1.10. The van der Waals surface area contributed by atoms with Gasteiger partial charge < -0.3 is 15.7 Å². The van der Waals surface area contributed by atoms with E-state index in [4.69, 9.17) is 0 Å². The topological polar surface area (TPSA) is 78.4 Å². The number of carbonyl (C=O) groups is 2. The van der Waals surface area contributed by atoms with Gasteiger partial charge in [0.15, 0.2) is 0 Å². The van der Waals surface area contributed by atoms with E-state index in [-0.39, 0.29) is 17.9 Å². The SMILES string of the molecule is CCC1C[C@H](C(=O)NC2CCNCC2)[C@H](C(=O)O)C1. The molecule has 0 aromatic carbocycles. The van der Waals surface area contributed by atoms with Crippen molar-refractivity contribution in [1.82, 2.24) is 10.6 Å². The van der Waals surface area contributed by atoms with Crippen molar-refractivity contribution in [2.75, 3.05) is 13.1 Å². The minimum absolute atomic E-state index is 0.0461. The molecule has 1 saturated heterocycles. The van der Waals surface area contributed by atoms with Crippen LogP contribution in [0.4, 0.5) is 0 Å². The van der Waals surface area contributed by atoms with Crippen molar-refractivity contribution in [2.24, 2.45) is 17.8 Å². The molecule has 1 unspecified atom stereocenters. The van der Waals surface area contributed by atoms with Crippen molar-refractivity contribution in [1.29, 1.82) is 0 Å². The molecule has 1 amide bonds. The number of rotatable bonds is 4. The molecule has 2 fully saturated rings. The van der Waals surface area contributed by atoms with Gasteiger partial charge in [-0.25, -0.2) is 0 Å². The average Bonchev–Trinajstić information content (AvgIpc) is 2.84. The summed E-state index contributed by atoms with van der Waals surface area (Å²) in [6.45, 7) is 3.92. The van der Waals surface area contributed by atoms with Crippen LogP contribution < -0.4 is 10.6 Å². The lowest BCUT2D eigenvalue weighted by molar-refractivity contribution is -0.146. The van der Waals surface area contributed by atoms with Crippen LogP contribution in [0, 0.1) is 17.8 Å². The molecule has 1 saturated carbocycles. The molecule has 1 heterocycles. The zero-order valence-corrected chi connectivity index (χ0v) is 11.5. The van der Waals surface area contributed by atoms with E-state index in [0.29, 0.717) is 12.3 Å². The third-order valence-corrected chi connectivity index (χ3v) is 4.58. The molecule has 2 aliphatic rings. The summed E-state index contributed by atoms with van der Waals surface area (Å²) in [6.07, 6.45) is 4.21. The summed E-state index contributed by atoms with van der Waals surface area (Å²) in [5.41, 5.74) is 0. The standard InChI is InChI=1S/C14H24N2O3/c1-2-9-7-11(12(8-9)14(18)19)13(17)16-10-3-5-15-6-4-10/h9-12,15H,2-8H2,1H3,(H,16,17)(H,18,19)/t9?,11-,12+/m0/s1. The van der Waals surface area contributed by atoms with Crippen molar-refractivity contribution in [3.8, 4) is 0 Å². The van der Waals surface area contributed by atoms with Crippen molar-refractivity contribution < 1.29 is 14.7 Å². The van der Waals surface area contributed by atoms with Gasteiger partial charge in [-0.05, 0) is 44.7 Å². The maximum atomic E-state index is 12.3. The van der Waals surface area contributed by atoms with E-state index in [0.717, 1.165) is 38.8 Å². The monoisotopic (exact) mass is 268 g/mol. The van der Waals surface area contributed by atoms with Crippen LogP contribution in [0.1, 0.15) is 39.0 Å². The van der Waals surface area contributed by atoms with Gasteiger partial charge in [0, 0.05) is 6.04 Å². The van der Waals surface area contributed by atoms with Gasteiger partial charge in [-0.2, -0.15) is 0 Å². The van der Waals surface area contributed by atoms with Gasteiger partial charge >= 0.3 is 5.97 Å². The Morgan fingerprint density at radius 3 is 2.42 bits per heavy atom. The summed E-state index contributed by atoms with van der Waals surface area (Å²) in [4.78, 5) is 23.6. The zero-order chi connectivity index (χ0) is 13.8. The third kappa shape index (κ3) is 3.47. The van der Waals surface area contributed by atoms with Gasteiger partial charge in [0.05, 0.1) is 11.8 Å². The van der Waals surface area contributed by atoms with Gasteiger partial charge in [0.2, 0.25) is 5.91 Å². The molecule has 19 heavy (non-hydrogen) atoms. The Morgan fingerprint density at radius 1 is 1.21 bits per heavy atom. The minimum atomic E-state index is -0.818. The van der Waals surface area contributed by atoms with E-state index in [1.54, 1.807) is 0 Å². The number of carboxylic acids is 1. The summed E-state index contributed by atoms with van der Waals surface area (Å²) in [5, 5.41) is 15.6. The van der Waals surface area contributed by atoms with E-state index >= 15 is 0 Å². The number of nitrogens with one attached hydrogen (secondary N) is 2. The fourth-order valence-electron chi connectivity index (χ4n) is 3.31. The first-order valence-corrected chi connectivity index (χ1v) is 7.35. The lowest BCUT2D eigenvalue weighted by Gasteiger charge is -2.26. The molecule has 1 aliphatic carbocycles. The van der Waals surface area contributed by atoms with Gasteiger partial charge in [-0.15, -0.1) is 0 Å². The molecule has 108 valence electrons. The van der Waals surface area contributed by atoms with Crippen LogP contribution in [0.3, 0.4) is 0 Å². The first kappa shape index (κ1) is 14.3. The maximum absolute atomic E-state index is 12.3. The summed E-state index contributed by atoms with van der Waals surface area (Å²) in [7, 11) is 0.